The van der Waals surface area contributed by atoms with Crippen molar-refractivity contribution in [2.24, 2.45) is 0 Å². The molecule has 0 aliphatic carbocycles. The van der Waals surface area contributed by atoms with Crippen molar-refractivity contribution < 1.29 is 4.74 Å². The van der Waals surface area contributed by atoms with Crippen LogP contribution in [0.2, 0.25) is 0 Å². The Bertz CT molecular complexity index is 1020. The second kappa shape index (κ2) is 8.76. The number of aryl methyl sites for hydroxylation is 3. The van der Waals surface area contributed by atoms with Crippen LogP contribution in [0.3, 0.4) is 0 Å². The Morgan fingerprint density at radius 2 is 2.23 bits per heavy atom. The molecule has 0 bridgehead atoms. The topological polar surface area (TPSA) is 69.0 Å². The smallest absolute Gasteiger partial charge is 0.0969 e. The van der Waals surface area contributed by atoms with Gasteiger partial charge in [-0.25, -0.2) is 0 Å². The zero-order valence-electron chi connectivity index (χ0n) is 18.3. The van der Waals surface area contributed by atoms with E-state index in [9.17, 15) is 0 Å². The predicted octanol–water partition coefficient (Wildman–Crippen LogP) is 3.39. The third-order valence-electron chi connectivity index (χ3n) is 6.62. The van der Waals surface area contributed by atoms with Gasteiger partial charge in [0, 0.05) is 73.1 Å². The van der Waals surface area contributed by atoms with Gasteiger partial charge in [-0.15, -0.1) is 16.4 Å². The summed E-state index contributed by atoms with van der Waals surface area (Å²) in [4.78, 5) is 14.0. The van der Waals surface area contributed by atoms with Crippen molar-refractivity contribution >= 4 is 11.3 Å². The van der Waals surface area contributed by atoms with Gasteiger partial charge in [-0.3, -0.25) is 19.5 Å². The van der Waals surface area contributed by atoms with Crippen LogP contribution in [0.4, 0.5) is 0 Å². The van der Waals surface area contributed by atoms with Crippen molar-refractivity contribution in [1.29, 1.82) is 0 Å². The molecular weight excluding hydrogens is 408 g/mol. The highest BCUT2D eigenvalue weighted by Gasteiger charge is 2.44. The number of fused-ring (bicyclic) bond motifs is 2. The monoisotopic (exact) mass is 438 g/mol. The minimum absolute atomic E-state index is 0.0955. The fourth-order valence-electron chi connectivity index (χ4n) is 4.93. The molecule has 2 atom stereocenters. The second-order valence-electron chi connectivity index (χ2n) is 8.69. The van der Waals surface area contributed by atoms with Crippen molar-refractivity contribution in [2.45, 2.75) is 70.7 Å². The van der Waals surface area contributed by atoms with E-state index in [4.69, 9.17) is 4.74 Å². The van der Waals surface area contributed by atoms with Crippen molar-refractivity contribution in [1.82, 2.24) is 29.9 Å². The van der Waals surface area contributed by atoms with Gasteiger partial charge >= 0.3 is 0 Å². The number of ether oxygens (including phenoxy) is 1. The average molecular weight is 439 g/mol. The molecule has 5 heterocycles. The van der Waals surface area contributed by atoms with E-state index in [1.165, 1.54) is 10.4 Å². The van der Waals surface area contributed by atoms with E-state index in [1.54, 1.807) is 23.5 Å². The van der Waals surface area contributed by atoms with Crippen LogP contribution in [0.1, 0.15) is 53.4 Å². The minimum Gasteiger partial charge on any atom is -0.370 e. The fraction of sp³-hybridized carbons (Fsp3) is 0.565. The molecule has 3 aromatic rings. The number of rotatable bonds is 6. The zero-order valence-corrected chi connectivity index (χ0v) is 19.1. The molecule has 0 radical (unpaired) electrons. The average Bonchev–Trinajstić information content (AvgIpc) is 3.43. The number of piperidine rings is 1. The lowest BCUT2D eigenvalue weighted by atomic mass is 9.79. The number of nitrogens with zero attached hydrogens (tertiary/aromatic N) is 6. The van der Waals surface area contributed by atoms with Crippen molar-refractivity contribution in [3.8, 4) is 0 Å². The summed E-state index contributed by atoms with van der Waals surface area (Å²) < 4.78 is 8.39. The molecule has 3 aromatic heterocycles. The van der Waals surface area contributed by atoms with Gasteiger partial charge in [0.2, 0.25) is 0 Å². The molecule has 2 aliphatic rings. The van der Waals surface area contributed by atoms with Gasteiger partial charge in [-0.1, -0.05) is 12.1 Å². The van der Waals surface area contributed by atoms with Gasteiger partial charge in [0.1, 0.15) is 0 Å². The minimum atomic E-state index is -0.0955. The molecular formula is C23H30N6OS. The maximum absolute atomic E-state index is 6.47. The summed E-state index contributed by atoms with van der Waals surface area (Å²) >= 11 is 1.99. The van der Waals surface area contributed by atoms with Crippen LogP contribution in [0.15, 0.2) is 30.9 Å². The summed E-state index contributed by atoms with van der Waals surface area (Å²) in [6, 6.07) is 2.86. The van der Waals surface area contributed by atoms with Gasteiger partial charge in [0.25, 0.3) is 0 Å². The van der Waals surface area contributed by atoms with Crippen LogP contribution in [-0.2, 0) is 42.7 Å². The molecule has 0 saturated carbocycles. The first kappa shape index (κ1) is 20.7. The van der Waals surface area contributed by atoms with E-state index in [1.807, 2.05) is 16.0 Å². The largest absolute Gasteiger partial charge is 0.370 e. The Hall–Kier alpha value is -2.16. The number of thiophene rings is 1. The van der Waals surface area contributed by atoms with Gasteiger partial charge < -0.3 is 4.74 Å². The lowest BCUT2D eigenvalue weighted by Gasteiger charge is -2.47. The van der Waals surface area contributed by atoms with E-state index in [2.05, 4.69) is 51.3 Å². The van der Waals surface area contributed by atoms with Crippen LogP contribution in [0.5, 0.6) is 0 Å². The van der Waals surface area contributed by atoms with Crippen LogP contribution < -0.4 is 0 Å². The SMILES string of the molecule is CCc1cc2c(s1)CCO[C@@]21CCN(Cc2cn(CCc3cnccn3)nn2)[C@@H](C)C1. The second-order valence-corrected chi connectivity index (χ2v) is 9.91. The fourth-order valence-corrected chi connectivity index (χ4v) is 6.10. The van der Waals surface area contributed by atoms with Crippen molar-refractivity contribution in [2.75, 3.05) is 13.2 Å². The van der Waals surface area contributed by atoms with Crippen molar-refractivity contribution in [3.63, 3.8) is 0 Å². The van der Waals surface area contributed by atoms with Gasteiger partial charge in [0.15, 0.2) is 0 Å². The zero-order chi connectivity index (χ0) is 21.3. The van der Waals surface area contributed by atoms with Gasteiger partial charge in [-0.05, 0) is 37.8 Å². The molecule has 5 rings (SSSR count). The summed E-state index contributed by atoms with van der Waals surface area (Å²) in [7, 11) is 0. The summed E-state index contributed by atoms with van der Waals surface area (Å²) in [5.41, 5.74) is 3.38. The van der Waals surface area contributed by atoms with E-state index in [0.717, 1.165) is 69.7 Å². The Balaban J connectivity index is 1.22. The first-order valence-corrected chi connectivity index (χ1v) is 12.1. The lowest BCUT2D eigenvalue weighted by Crippen LogP contribution is -2.50. The maximum Gasteiger partial charge on any atom is 0.0969 e. The van der Waals surface area contributed by atoms with Crippen LogP contribution in [0, 0.1) is 0 Å². The summed E-state index contributed by atoms with van der Waals surface area (Å²) in [6.07, 6.45) is 12.4. The van der Waals surface area contributed by atoms with Gasteiger partial charge in [-0.2, -0.15) is 0 Å². The highest BCUT2D eigenvalue weighted by Crippen LogP contribution is 2.46. The first-order chi connectivity index (χ1) is 15.1. The Morgan fingerprint density at radius 3 is 3.03 bits per heavy atom. The Morgan fingerprint density at radius 1 is 1.29 bits per heavy atom. The summed E-state index contributed by atoms with van der Waals surface area (Å²) in [5, 5.41) is 8.73. The number of hydrogen-bond acceptors (Lipinski definition) is 7. The molecule has 1 saturated heterocycles. The van der Waals surface area contributed by atoms with Crippen molar-refractivity contribution in [3.05, 3.63) is 57.6 Å². The highest BCUT2D eigenvalue weighted by molar-refractivity contribution is 7.12. The Kier molecular flexibility index (Phi) is 5.86. The third kappa shape index (κ3) is 4.29. The molecule has 1 spiro atoms. The van der Waals surface area contributed by atoms with Gasteiger partial charge in [0.05, 0.1) is 23.6 Å². The highest BCUT2D eigenvalue weighted by atomic mass is 32.1. The molecule has 0 amide bonds. The molecule has 2 aliphatic heterocycles. The molecule has 8 heteroatoms. The summed E-state index contributed by atoms with van der Waals surface area (Å²) in [6.45, 7) is 8.03. The predicted molar refractivity (Wildman–Crippen MR) is 120 cm³/mol. The number of hydrogen-bond donors (Lipinski definition) is 0. The third-order valence-corrected chi connectivity index (χ3v) is 7.96. The summed E-state index contributed by atoms with van der Waals surface area (Å²) in [5.74, 6) is 0. The van der Waals surface area contributed by atoms with Crippen LogP contribution >= 0.6 is 11.3 Å². The Labute approximate surface area is 187 Å². The molecule has 7 nitrogen and oxygen atoms in total. The van der Waals surface area contributed by atoms with Crippen LogP contribution in [0.25, 0.3) is 0 Å². The standard InChI is InChI=1S/C23H30N6OS/c1-3-20-12-21-22(31-20)5-11-30-23(21)6-10-28(17(2)13-23)15-19-16-29(27-26-19)9-4-18-14-24-7-8-25-18/h7-8,12,14,16-17H,3-6,9-11,13,15H2,1-2H3/t17-,23+/m0/s1. The molecule has 31 heavy (non-hydrogen) atoms. The van der Waals surface area contributed by atoms with E-state index in [-0.39, 0.29) is 5.60 Å². The maximum atomic E-state index is 6.47. The molecule has 1 fully saturated rings. The normalized spacial score (nSPS) is 23.9. The molecule has 0 aromatic carbocycles. The molecule has 0 unspecified atom stereocenters. The van der Waals surface area contributed by atoms with E-state index in [0.29, 0.717) is 6.04 Å². The molecule has 164 valence electrons. The molecule has 0 N–H and O–H groups in total. The van der Waals surface area contributed by atoms with Crippen LogP contribution in [-0.4, -0.2) is 49.1 Å². The number of likely N-dealkylation sites (tertiary alicyclic amines) is 1. The quantitative estimate of drug-likeness (QED) is 0.588. The number of aromatic nitrogens is 5. The van der Waals surface area contributed by atoms with E-state index < -0.39 is 0 Å². The first-order valence-electron chi connectivity index (χ1n) is 11.3. The lowest BCUT2D eigenvalue weighted by molar-refractivity contribution is -0.112. The van der Waals surface area contributed by atoms with E-state index >= 15 is 0 Å².